The van der Waals surface area contributed by atoms with E-state index in [1.165, 1.54) is 6.07 Å². The van der Waals surface area contributed by atoms with Crippen LogP contribution in [-0.4, -0.2) is 53.1 Å². The van der Waals surface area contributed by atoms with Gasteiger partial charge in [0.1, 0.15) is 12.4 Å². The van der Waals surface area contributed by atoms with E-state index in [-0.39, 0.29) is 34.4 Å². The molecule has 1 amide bonds. The minimum Gasteiger partial charge on any atom is -0.486 e. The second-order valence-corrected chi connectivity index (χ2v) is 7.34. The molecular weight excluding hydrogens is 397 g/mol. The molecule has 0 radical (unpaired) electrons. The molecule has 3 aromatic rings. The van der Waals surface area contributed by atoms with Crippen molar-refractivity contribution in [3.05, 3.63) is 54.3 Å². The van der Waals surface area contributed by atoms with Gasteiger partial charge in [0.2, 0.25) is 5.91 Å². The van der Waals surface area contributed by atoms with Crippen LogP contribution in [0.1, 0.15) is 0 Å². The number of aromatic nitrogens is 2. The van der Waals surface area contributed by atoms with Crippen molar-refractivity contribution in [2.75, 3.05) is 26.0 Å². The van der Waals surface area contributed by atoms with Crippen molar-refractivity contribution in [3.63, 3.8) is 0 Å². The number of fused-ring (bicyclic) bond motifs is 1. The van der Waals surface area contributed by atoms with Gasteiger partial charge in [-0.25, -0.2) is 4.39 Å². The van der Waals surface area contributed by atoms with Crippen molar-refractivity contribution in [3.8, 4) is 23.0 Å². The normalized spacial score (nSPS) is 15.2. The standard InChI is InChI=1S/C20H18FN3O4S/c1-24(10-13-11-26-16-8-4-5-9-17(16)27-13)18(25)12-29-20-23-22-19(28-20)14-6-2-3-7-15(14)21/h2-9,13H,10-12H2,1H3/t13-/m0/s1. The maximum absolute atomic E-state index is 13.8. The third kappa shape index (κ3) is 4.51. The minimum atomic E-state index is -0.445. The van der Waals surface area contributed by atoms with Gasteiger partial charge < -0.3 is 18.8 Å². The molecule has 150 valence electrons. The van der Waals surface area contributed by atoms with Crippen LogP contribution in [0.4, 0.5) is 4.39 Å². The second-order valence-electron chi connectivity index (χ2n) is 6.41. The second kappa shape index (κ2) is 8.52. The van der Waals surface area contributed by atoms with E-state index in [1.807, 2.05) is 24.3 Å². The molecule has 1 aliphatic rings. The lowest BCUT2D eigenvalue weighted by atomic mass is 10.2. The predicted molar refractivity (Wildman–Crippen MR) is 104 cm³/mol. The Morgan fingerprint density at radius 2 is 1.93 bits per heavy atom. The first-order valence-electron chi connectivity index (χ1n) is 8.94. The molecule has 2 aromatic carbocycles. The molecule has 0 saturated carbocycles. The van der Waals surface area contributed by atoms with Crippen molar-refractivity contribution in [2.45, 2.75) is 11.3 Å². The third-order valence-electron chi connectivity index (χ3n) is 4.30. The van der Waals surface area contributed by atoms with Gasteiger partial charge >= 0.3 is 0 Å². The van der Waals surface area contributed by atoms with Crippen molar-refractivity contribution < 1.29 is 23.1 Å². The molecule has 2 heterocycles. The number of rotatable bonds is 6. The Morgan fingerprint density at radius 3 is 2.76 bits per heavy atom. The highest BCUT2D eigenvalue weighted by Crippen LogP contribution is 2.31. The molecule has 1 atom stereocenters. The Balaban J connectivity index is 1.29. The van der Waals surface area contributed by atoms with Crippen molar-refractivity contribution in [2.24, 2.45) is 0 Å². The zero-order chi connectivity index (χ0) is 20.2. The summed E-state index contributed by atoms with van der Waals surface area (Å²) in [5, 5.41) is 7.92. The topological polar surface area (TPSA) is 77.7 Å². The first-order valence-corrected chi connectivity index (χ1v) is 9.92. The van der Waals surface area contributed by atoms with Crippen LogP contribution >= 0.6 is 11.8 Å². The van der Waals surface area contributed by atoms with E-state index < -0.39 is 5.82 Å². The summed E-state index contributed by atoms with van der Waals surface area (Å²) < 4.78 is 30.8. The van der Waals surface area contributed by atoms with Gasteiger partial charge in [0.05, 0.1) is 17.9 Å². The predicted octanol–water partition coefficient (Wildman–Crippen LogP) is 3.27. The van der Waals surface area contributed by atoms with Gasteiger partial charge in [-0.15, -0.1) is 10.2 Å². The van der Waals surface area contributed by atoms with Crippen molar-refractivity contribution in [1.29, 1.82) is 0 Å². The number of ether oxygens (including phenoxy) is 2. The molecule has 29 heavy (non-hydrogen) atoms. The van der Waals surface area contributed by atoms with Crippen LogP contribution in [0.25, 0.3) is 11.5 Å². The number of nitrogens with zero attached hydrogens (tertiary/aromatic N) is 3. The van der Waals surface area contributed by atoms with E-state index >= 15 is 0 Å². The van der Waals surface area contributed by atoms with Gasteiger partial charge in [-0.3, -0.25) is 4.79 Å². The summed E-state index contributed by atoms with van der Waals surface area (Å²) in [5.74, 6) is 1.00. The molecule has 1 aliphatic heterocycles. The quantitative estimate of drug-likeness (QED) is 0.572. The zero-order valence-electron chi connectivity index (χ0n) is 15.6. The summed E-state index contributed by atoms with van der Waals surface area (Å²) in [6.45, 7) is 0.759. The molecule has 9 heteroatoms. The molecule has 0 unspecified atom stereocenters. The van der Waals surface area contributed by atoms with Crippen LogP contribution < -0.4 is 9.47 Å². The van der Waals surface area contributed by atoms with E-state index in [9.17, 15) is 9.18 Å². The van der Waals surface area contributed by atoms with Crippen molar-refractivity contribution >= 4 is 17.7 Å². The van der Waals surface area contributed by atoms with Gasteiger partial charge in [-0.2, -0.15) is 0 Å². The molecule has 0 N–H and O–H groups in total. The number of carbonyl (C=O) groups is 1. The molecular formula is C20H18FN3O4S. The number of carbonyl (C=O) groups excluding carboxylic acids is 1. The number of halogens is 1. The number of para-hydroxylation sites is 2. The minimum absolute atomic E-state index is 0.0813. The molecule has 4 rings (SSSR count). The maximum atomic E-state index is 13.8. The maximum Gasteiger partial charge on any atom is 0.277 e. The molecule has 0 fully saturated rings. The Labute approximate surface area is 170 Å². The third-order valence-corrected chi connectivity index (χ3v) is 5.10. The average molecular weight is 415 g/mol. The molecule has 0 spiro atoms. The van der Waals surface area contributed by atoms with E-state index in [0.29, 0.717) is 24.7 Å². The average Bonchev–Trinajstić information content (AvgIpc) is 3.21. The Hall–Kier alpha value is -3.07. The van der Waals surface area contributed by atoms with Crippen LogP contribution in [0.2, 0.25) is 0 Å². The summed E-state index contributed by atoms with van der Waals surface area (Å²) in [6, 6.07) is 13.6. The molecule has 1 aromatic heterocycles. The summed E-state index contributed by atoms with van der Waals surface area (Å²) in [6.07, 6.45) is -0.250. The summed E-state index contributed by atoms with van der Waals surface area (Å²) in [4.78, 5) is 14.0. The summed E-state index contributed by atoms with van der Waals surface area (Å²) >= 11 is 1.10. The van der Waals surface area contributed by atoms with Crippen LogP contribution in [0, 0.1) is 5.82 Å². The highest BCUT2D eigenvalue weighted by Gasteiger charge is 2.24. The van der Waals surface area contributed by atoms with Crippen LogP contribution in [0.5, 0.6) is 11.5 Å². The van der Waals surface area contributed by atoms with Gasteiger partial charge in [-0.05, 0) is 24.3 Å². The zero-order valence-corrected chi connectivity index (χ0v) is 16.4. The lowest BCUT2D eigenvalue weighted by Crippen LogP contribution is -2.42. The molecule has 0 aliphatic carbocycles. The first kappa shape index (κ1) is 19.3. The number of benzene rings is 2. The largest absolute Gasteiger partial charge is 0.486 e. The number of thioether (sulfide) groups is 1. The van der Waals surface area contributed by atoms with Gasteiger partial charge in [0, 0.05) is 7.05 Å². The fourth-order valence-corrected chi connectivity index (χ4v) is 3.51. The van der Waals surface area contributed by atoms with Gasteiger partial charge in [-0.1, -0.05) is 36.0 Å². The van der Waals surface area contributed by atoms with Gasteiger partial charge in [0.25, 0.3) is 11.1 Å². The lowest BCUT2D eigenvalue weighted by molar-refractivity contribution is -0.128. The summed E-state index contributed by atoms with van der Waals surface area (Å²) in [5.41, 5.74) is 0.227. The number of likely N-dealkylation sites (N-methyl/N-ethyl adjacent to an activating group) is 1. The molecule has 0 bridgehead atoms. The highest BCUT2D eigenvalue weighted by molar-refractivity contribution is 7.99. The first-order chi connectivity index (χ1) is 14.1. The number of amides is 1. The molecule has 0 saturated heterocycles. The van der Waals surface area contributed by atoms with Crippen LogP contribution in [0.3, 0.4) is 0 Å². The fraction of sp³-hybridized carbons (Fsp3) is 0.250. The highest BCUT2D eigenvalue weighted by atomic mass is 32.2. The number of hydrogen-bond acceptors (Lipinski definition) is 7. The van der Waals surface area contributed by atoms with E-state index in [2.05, 4.69) is 10.2 Å². The Morgan fingerprint density at radius 1 is 1.17 bits per heavy atom. The Bertz CT molecular complexity index is 1010. The molecule has 7 nitrogen and oxygen atoms in total. The smallest absolute Gasteiger partial charge is 0.277 e. The lowest BCUT2D eigenvalue weighted by Gasteiger charge is -2.29. The summed E-state index contributed by atoms with van der Waals surface area (Å²) in [7, 11) is 1.70. The van der Waals surface area contributed by atoms with E-state index in [1.54, 1.807) is 30.1 Å². The fourth-order valence-electron chi connectivity index (χ4n) is 2.81. The SMILES string of the molecule is CN(C[C@H]1COc2ccccc2O1)C(=O)CSc1nnc(-c2ccccc2F)o1. The Kier molecular flexibility index (Phi) is 5.66. The number of hydrogen-bond donors (Lipinski definition) is 0. The monoisotopic (exact) mass is 415 g/mol. The van der Waals surface area contributed by atoms with Crippen molar-refractivity contribution in [1.82, 2.24) is 15.1 Å². The van der Waals surface area contributed by atoms with E-state index in [0.717, 1.165) is 11.8 Å². The van der Waals surface area contributed by atoms with Crippen LogP contribution in [-0.2, 0) is 4.79 Å². The van der Waals surface area contributed by atoms with E-state index in [4.69, 9.17) is 13.9 Å². The van der Waals surface area contributed by atoms with Crippen LogP contribution in [0.15, 0.2) is 58.2 Å². The van der Waals surface area contributed by atoms with Gasteiger partial charge in [0.15, 0.2) is 17.6 Å².